The highest BCUT2D eigenvalue weighted by molar-refractivity contribution is 5.51. The molecule has 0 spiro atoms. The Morgan fingerprint density at radius 1 is 1.64 bits per heavy atom. The Balaban J connectivity index is 2.80. The van der Waals surface area contributed by atoms with Gasteiger partial charge >= 0.3 is 0 Å². The third-order valence-electron chi connectivity index (χ3n) is 3.23. The number of allylic oxidation sites excluding steroid dienone is 1. The topological polar surface area (TPSA) is 26.3 Å². The number of carbonyl (C=O) groups excluding carboxylic acids is 1. The molecular weight excluding hydrogens is 176 g/mol. The van der Waals surface area contributed by atoms with Crippen molar-refractivity contribution in [2.75, 3.05) is 13.7 Å². The van der Waals surface area contributed by atoms with E-state index in [0.29, 0.717) is 18.9 Å². The van der Waals surface area contributed by atoms with E-state index in [1.54, 1.807) is 7.11 Å². The third kappa shape index (κ3) is 2.44. The van der Waals surface area contributed by atoms with Gasteiger partial charge < -0.3 is 9.53 Å². The van der Waals surface area contributed by atoms with Crippen LogP contribution in [0, 0.1) is 11.3 Å². The molecule has 1 unspecified atom stereocenters. The summed E-state index contributed by atoms with van der Waals surface area (Å²) in [7, 11) is 1.71. The van der Waals surface area contributed by atoms with E-state index in [4.69, 9.17) is 4.74 Å². The average Bonchev–Trinajstić information content (AvgIpc) is 2.11. The second-order valence-corrected chi connectivity index (χ2v) is 4.69. The van der Waals surface area contributed by atoms with Crippen molar-refractivity contribution in [1.82, 2.24) is 0 Å². The van der Waals surface area contributed by atoms with Crippen molar-refractivity contribution in [3.8, 4) is 0 Å². The first-order valence-corrected chi connectivity index (χ1v) is 5.23. The predicted molar refractivity (Wildman–Crippen MR) is 57.1 cm³/mol. The van der Waals surface area contributed by atoms with E-state index in [2.05, 4.69) is 19.9 Å². The van der Waals surface area contributed by atoms with Gasteiger partial charge in [0.25, 0.3) is 0 Å². The molecule has 0 saturated heterocycles. The van der Waals surface area contributed by atoms with E-state index in [1.165, 1.54) is 12.0 Å². The van der Waals surface area contributed by atoms with Crippen molar-refractivity contribution in [2.45, 2.75) is 33.1 Å². The molecule has 80 valence electrons. The number of aldehydes is 1. The van der Waals surface area contributed by atoms with Crippen LogP contribution in [0.1, 0.15) is 33.1 Å². The zero-order chi connectivity index (χ0) is 10.6. The van der Waals surface area contributed by atoms with Gasteiger partial charge in [-0.25, -0.2) is 0 Å². The number of hydrogen-bond acceptors (Lipinski definition) is 2. The maximum Gasteiger partial charge on any atom is 0.120 e. The van der Waals surface area contributed by atoms with Crippen molar-refractivity contribution < 1.29 is 9.53 Å². The molecular formula is C12H20O2. The fraction of sp³-hybridized carbons (Fsp3) is 0.750. The Labute approximate surface area is 86.3 Å². The highest BCUT2D eigenvalue weighted by Gasteiger charge is 2.33. The van der Waals surface area contributed by atoms with Gasteiger partial charge in [-0.2, -0.15) is 0 Å². The summed E-state index contributed by atoms with van der Waals surface area (Å²) in [5.74, 6) is 0.369. The van der Waals surface area contributed by atoms with Gasteiger partial charge in [-0.1, -0.05) is 19.9 Å². The quantitative estimate of drug-likeness (QED) is 0.510. The normalized spacial score (nSPS) is 25.6. The number of ether oxygens (including phenoxy) is 1. The van der Waals surface area contributed by atoms with Crippen molar-refractivity contribution >= 4 is 6.29 Å². The van der Waals surface area contributed by atoms with Gasteiger partial charge in [0.2, 0.25) is 0 Å². The molecule has 1 rings (SSSR count). The van der Waals surface area contributed by atoms with E-state index in [-0.39, 0.29) is 5.41 Å². The standard InChI is InChI=1S/C12H20O2/c1-12(2)7-4-5-10(9-14-3)11(12)6-8-13/h5,8,11H,4,6-7,9H2,1-3H3. The fourth-order valence-electron chi connectivity index (χ4n) is 2.34. The van der Waals surface area contributed by atoms with E-state index >= 15 is 0 Å². The van der Waals surface area contributed by atoms with Crippen molar-refractivity contribution in [1.29, 1.82) is 0 Å². The Kier molecular flexibility index (Phi) is 3.87. The van der Waals surface area contributed by atoms with Gasteiger partial charge in [-0.05, 0) is 29.7 Å². The summed E-state index contributed by atoms with van der Waals surface area (Å²) in [6.45, 7) is 5.15. The van der Waals surface area contributed by atoms with Gasteiger partial charge in [0.1, 0.15) is 6.29 Å². The lowest BCUT2D eigenvalue weighted by Crippen LogP contribution is -2.30. The molecule has 0 bridgehead atoms. The van der Waals surface area contributed by atoms with Crippen LogP contribution in [0.5, 0.6) is 0 Å². The molecule has 0 heterocycles. The Bertz CT molecular complexity index is 228. The Morgan fingerprint density at radius 2 is 2.36 bits per heavy atom. The lowest BCUT2D eigenvalue weighted by molar-refractivity contribution is -0.109. The maximum absolute atomic E-state index is 10.6. The molecule has 0 aromatic carbocycles. The van der Waals surface area contributed by atoms with Gasteiger partial charge in [0, 0.05) is 13.5 Å². The van der Waals surface area contributed by atoms with Crippen LogP contribution >= 0.6 is 0 Å². The summed E-state index contributed by atoms with van der Waals surface area (Å²) < 4.78 is 5.17. The van der Waals surface area contributed by atoms with E-state index in [0.717, 1.165) is 12.7 Å². The highest BCUT2D eigenvalue weighted by Crippen LogP contribution is 2.42. The molecule has 0 aromatic heterocycles. The van der Waals surface area contributed by atoms with Gasteiger partial charge in [0.15, 0.2) is 0 Å². The van der Waals surface area contributed by atoms with Crippen LogP contribution in [-0.4, -0.2) is 20.0 Å². The minimum absolute atomic E-state index is 0.240. The first-order valence-electron chi connectivity index (χ1n) is 5.23. The van der Waals surface area contributed by atoms with Gasteiger partial charge in [-0.3, -0.25) is 0 Å². The minimum atomic E-state index is 0.240. The van der Waals surface area contributed by atoms with Crippen LogP contribution in [-0.2, 0) is 9.53 Å². The highest BCUT2D eigenvalue weighted by atomic mass is 16.5. The van der Waals surface area contributed by atoms with E-state index < -0.39 is 0 Å². The van der Waals surface area contributed by atoms with E-state index in [1.807, 2.05) is 0 Å². The fourth-order valence-corrected chi connectivity index (χ4v) is 2.34. The molecule has 2 nitrogen and oxygen atoms in total. The van der Waals surface area contributed by atoms with Crippen LogP contribution in [0.15, 0.2) is 11.6 Å². The molecule has 0 saturated carbocycles. The summed E-state index contributed by atoms with van der Waals surface area (Å²) in [6, 6.07) is 0. The zero-order valence-electron chi connectivity index (χ0n) is 9.38. The Morgan fingerprint density at radius 3 is 2.93 bits per heavy atom. The number of rotatable bonds is 4. The summed E-state index contributed by atoms with van der Waals surface area (Å²) >= 11 is 0. The molecule has 0 aromatic rings. The van der Waals surface area contributed by atoms with Crippen molar-refractivity contribution in [2.24, 2.45) is 11.3 Å². The molecule has 0 amide bonds. The number of methoxy groups -OCH3 is 1. The molecule has 0 radical (unpaired) electrons. The molecule has 1 atom stereocenters. The third-order valence-corrected chi connectivity index (χ3v) is 3.23. The van der Waals surface area contributed by atoms with Gasteiger partial charge in [-0.15, -0.1) is 0 Å². The first-order chi connectivity index (χ1) is 6.61. The molecule has 0 N–H and O–H groups in total. The molecule has 0 aliphatic heterocycles. The van der Waals surface area contributed by atoms with Crippen LogP contribution in [0.4, 0.5) is 0 Å². The zero-order valence-corrected chi connectivity index (χ0v) is 9.38. The van der Waals surface area contributed by atoms with Crippen LogP contribution in [0.25, 0.3) is 0 Å². The monoisotopic (exact) mass is 196 g/mol. The van der Waals surface area contributed by atoms with Crippen molar-refractivity contribution in [3.63, 3.8) is 0 Å². The second kappa shape index (κ2) is 4.74. The summed E-state index contributed by atoms with van der Waals surface area (Å²) in [4.78, 5) is 10.6. The number of hydrogen-bond donors (Lipinski definition) is 0. The lowest BCUT2D eigenvalue weighted by atomic mass is 9.67. The molecule has 1 aliphatic rings. The molecule has 1 aliphatic carbocycles. The average molecular weight is 196 g/mol. The SMILES string of the molecule is COCC1=CCCC(C)(C)C1CC=O. The predicted octanol–water partition coefficient (Wildman–Crippen LogP) is 2.58. The first kappa shape index (κ1) is 11.4. The van der Waals surface area contributed by atoms with Crippen LogP contribution in [0.2, 0.25) is 0 Å². The lowest BCUT2D eigenvalue weighted by Gasteiger charge is -2.38. The largest absolute Gasteiger partial charge is 0.380 e. The maximum atomic E-state index is 10.6. The van der Waals surface area contributed by atoms with Crippen LogP contribution < -0.4 is 0 Å². The number of carbonyl (C=O) groups is 1. The van der Waals surface area contributed by atoms with Crippen LogP contribution in [0.3, 0.4) is 0 Å². The van der Waals surface area contributed by atoms with Gasteiger partial charge in [0.05, 0.1) is 6.61 Å². The minimum Gasteiger partial charge on any atom is -0.380 e. The molecule has 2 heteroatoms. The summed E-state index contributed by atoms with van der Waals surface area (Å²) in [6.07, 6.45) is 6.17. The second-order valence-electron chi connectivity index (χ2n) is 4.69. The smallest absolute Gasteiger partial charge is 0.120 e. The molecule has 0 fully saturated rings. The summed E-state index contributed by atoms with van der Waals surface area (Å²) in [5.41, 5.74) is 1.54. The summed E-state index contributed by atoms with van der Waals surface area (Å²) in [5, 5.41) is 0. The molecule has 14 heavy (non-hydrogen) atoms. The van der Waals surface area contributed by atoms with Crippen molar-refractivity contribution in [3.05, 3.63) is 11.6 Å². The Hall–Kier alpha value is -0.630. The van der Waals surface area contributed by atoms with E-state index in [9.17, 15) is 4.79 Å².